The minimum Gasteiger partial charge on any atom is -0.481 e. The van der Waals surface area contributed by atoms with Gasteiger partial charge in [-0.05, 0) is 6.07 Å². The monoisotopic (exact) mass is 402 g/mol. The normalized spacial score (nSPS) is 11.3. The predicted molar refractivity (Wildman–Crippen MR) is 73.2 cm³/mol. The van der Waals surface area contributed by atoms with Crippen molar-refractivity contribution in [2.45, 2.75) is 12.8 Å². The molecule has 7 nitrogen and oxygen atoms in total. The second-order valence-electron chi connectivity index (χ2n) is 3.73. The first-order valence-corrected chi connectivity index (χ1v) is 7.97. The molecule has 0 saturated carbocycles. The third-order valence-corrected chi connectivity index (χ3v) is 3.70. The first-order valence-electron chi connectivity index (χ1n) is 5.28. The molecule has 0 unspecified atom stereocenters. The highest BCUT2D eigenvalue weighted by Crippen LogP contribution is 2.02. The summed E-state index contributed by atoms with van der Waals surface area (Å²) < 4.78 is 31.7. The van der Waals surface area contributed by atoms with Crippen LogP contribution in [0.15, 0.2) is 18.3 Å². The molecule has 1 heterocycles. The molecule has 0 aliphatic rings. The number of aromatic nitrogens is 1. The van der Waals surface area contributed by atoms with E-state index in [1.807, 2.05) is 22.6 Å². The smallest absolute Gasteiger partial charge is 0.308 e. The van der Waals surface area contributed by atoms with Crippen LogP contribution in [0.25, 0.3) is 0 Å². The molecule has 106 valence electrons. The number of rotatable bonds is 7. The van der Waals surface area contributed by atoms with E-state index in [0.717, 1.165) is 3.70 Å². The molecule has 0 fully saturated rings. The molecule has 0 atom stereocenters. The average molecular weight is 402 g/mol. The summed E-state index contributed by atoms with van der Waals surface area (Å²) in [4.78, 5) is 15.9. The molecule has 2 N–H and O–H groups in total. The average Bonchev–Trinajstić information content (AvgIpc) is 2.26. The van der Waals surface area contributed by atoms with Crippen LogP contribution in [0.2, 0.25) is 0 Å². The van der Waals surface area contributed by atoms with E-state index in [4.69, 9.17) is 14.5 Å². The van der Waals surface area contributed by atoms with Crippen LogP contribution in [-0.2, 0) is 21.3 Å². The molecule has 0 aromatic carbocycles. The van der Waals surface area contributed by atoms with Gasteiger partial charge in [0.05, 0.1) is 12.2 Å². The van der Waals surface area contributed by atoms with Gasteiger partial charge in [0.1, 0.15) is 0 Å². The third kappa shape index (κ3) is 6.68. The van der Waals surface area contributed by atoms with Crippen LogP contribution in [0.4, 0.5) is 0 Å². The van der Waals surface area contributed by atoms with E-state index in [2.05, 4.69) is 0 Å². The van der Waals surface area contributed by atoms with Gasteiger partial charge >= 0.3 is 5.97 Å². The van der Waals surface area contributed by atoms with Gasteiger partial charge in [-0.1, -0.05) is 0 Å². The Morgan fingerprint density at radius 2 is 2.11 bits per heavy atom. The maximum atomic E-state index is 10.6. The van der Waals surface area contributed by atoms with E-state index in [-0.39, 0.29) is 25.2 Å². The number of pyridine rings is 1. The van der Waals surface area contributed by atoms with Crippen molar-refractivity contribution < 1.29 is 32.4 Å². The lowest BCUT2D eigenvalue weighted by Gasteiger charge is -2.01. The second kappa shape index (κ2) is 7.01. The number of hydrogen-bond acceptors (Lipinski definition) is 4. The van der Waals surface area contributed by atoms with Crippen molar-refractivity contribution in [3.63, 3.8) is 0 Å². The summed E-state index contributed by atoms with van der Waals surface area (Å²) in [5.41, 5.74) is 0.572. The molecule has 1 rings (SSSR count). The summed E-state index contributed by atoms with van der Waals surface area (Å²) >= 11 is 2.00. The molecule has 9 heteroatoms. The van der Waals surface area contributed by atoms with E-state index in [1.165, 1.54) is 10.9 Å². The summed E-state index contributed by atoms with van der Waals surface area (Å²) in [5.74, 6) is -1.32. The number of aliphatic carboxylic acids is 1. The molecule has 0 saturated heterocycles. The maximum absolute atomic E-state index is 10.6. The molecule has 0 bridgehead atoms. The van der Waals surface area contributed by atoms with E-state index in [1.54, 1.807) is 12.1 Å². The van der Waals surface area contributed by atoms with Gasteiger partial charge in [0.2, 0.25) is 6.20 Å². The summed E-state index contributed by atoms with van der Waals surface area (Å²) in [7, 11) is -3.98. The van der Waals surface area contributed by atoms with Crippen LogP contribution >= 0.6 is 22.6 Å². The SMILES string of the molecule is O=C(O)Cc1ccc(I)[n+](OCCCS(=O)(=O)O)c1. The minimum atomic E-state index is -3.98. The van der Waals surface area contributed by atoms with E-state index in [0.29, 0.717) is 5.56 Å². The number of carbonyl (C=O) groups is 1. The summed E-state index contributed by atoms with van der Waals surface area (Å²) in [5, 5.41) is 8.68. The van der Waals surface area contributed by atoms with Crippen LogP contribution in [0, 0.1) is 3.70 Å². The molecule has 0 aliphatic heterocycles. The molecule has 1 aromatic rings. The highest BCUT2D eigenvalue weighted by atomic mass is 127. The molecular formula is C10H13INO6S+. The van der Waals surface area contributed by atoms with Crippen LogP contribution < -0.4 is 9.57 Å². The Bertz CT molecular complexity index is 559. The van der Waals surface area contributed by atoms with Gasteiger partial charge in [-0.25, -0.2) is 0 Å². The first kappa shape index (κ1) is 16.1. The quantitative estimate of drug-likeness (QED) is 0.217. The Kier molecular flexibility index (Phi) is 5.94. The van der Waals surface area contributed by atoms with Gasteiger partial charge in [-0.2, -0.15) is 8.42 Å². The first-order chi connectivity index (χ1) is 8.78. The topological polar surface area (TPSA) is 105 Å². The van der Waals surface area contributed by atoms with Crippen LogP contribution in [0.3, 0.4) is 0 Å². The maximum Gasteiger partial charge on any atom is 0.308 e. The Morgan fingerprint density at radius 3 is 2.68 bits per heavy atom. The van der Waals surface area contributed by atoms with Gasteiger partial charge in [0, 0.05) is 45.4 Å². The van der Waals surface area contributed by atoms with Crippen molar-refractivity contribution in [1.82, 2.24) is 0 Å². The molecule has 0 radical (unpaired) electrons. The Labute approximate surface area is 124 Å². The van der Waals surface area contributed by atoms with E-state index >= 15 is 0 Å². The van der Waals surface area contributed by atoms with Crippen LogP contribution in [0.5, 0.6) is 0 Å². The minimum absolute atomic E-state index is 0.0942. The van der Waals surface area contributed by atoms with Gasteiger partial charge in [0.25, 0.3) is 13.8 Å². The molecular weight excluding hydrogens is 389 g/mol. The lowest BCUT2D eigenvalue weighted by atomic mass is 10.2. The Hall–Kier alpha value is -0.940. The lowest BCUT2D eigenvalue weighted by molar-refractivity contribution is -0.901. The standard InChI is InChI=1S/C10H12INO6S/c11-9-3-2-8(6-10(13)14)7-12(9)18-4-1-5-19(15,16)17/h2-3,7H,1,4-6H2,(H-,13,14,15,16,17)/p+1. The Balaban J connectivity index is 2.59. The summed E-state index contributed by atoms with van der Waals surface area (Å²) in [6.07, 6.45) is 1.56. The fraction of sp³-hybridized carbons (Fsp3) is 0.400. The highest BCUT2D eigenvalue weighted by molar-refractivity contribution is 14.1. The van der Waals surface area contributed by atoms with Crippen LogP contribution in [-0.4, -0.2) is 36.4 Å². The number of nitrogens with zero attached hydrogens (tertiary/aromatic N) is 1. The largest absolute Gasteiger partial charge is 0.481 e. The molecule has 0 amide bonds. The second-order valence-corrected chi connectivity index (χ2v) is 6.41. The van der Waals surface area contributed by atoms with Gasteiger partial charge in [-0.3, -0.25) is 14.2 Å². The van der Waals surface area contributed by atoms with Crippen molar-refractivity contribution in [3.05, 3.63) is 27.6 Å². The van der Waals surface area contributed by atoms with Crippen molar-refractivity contribution in [2.24, 2.45) is 0 Å². The molecule has 0 aliphatic carbocycles. The lowest BCUT2D eigenvalue weighted by Crippen LogP contribution is -2.46. The van der Waals surface area contributed by atoms with Crippen molar-refractivity contribution in [1.29, 1.82) is 0 Å². The summed E-state index contributed by atoms with van der Waals surface area (Å²) in [6, 6.07) is 3.37. The molecule has 1 aromatic heterocycles. The molecule has 0 spiro atoms. The summed E-state index contributed by atoms with van der Waals surface area (Å²) in [6.45, 7) is 0.0942. The van der Waals surface area contributed by atoms with E-state index < -0.39 is 16.1 Å². The Morgan fingerprint density at radius 1 is 1.42 bits per heavy atom. The van der Waals surface area contributed by atoms with E-state index in [9.17, 15) is 13.2 Å². The van der Waals surface area contributed by atoms with Crippen molar-refractivity contribution in [3.8, 4) is 0 Å². The predicted octanol–water partition coefficient (Wildman–Crippen LogP) is -0.0877. The molecule has 19 heavy (non-hydrogen) atoms. The zero-order chi connectivity index (χ0) is 14.5. The number of carboxylic acid groups (broad SMARTS) is 1. The zero-order valence-corrected chi connectivity index (χ0v) is 12.8. The number of hydrogen-bond donors (Lipinski definition) is 2. The zero-order valence-electron chi connectivity index (χ0n) is 9.82. The van der Waals surface area contributed by atoms with Crippen molar-refractivity contribution in [2.75, 3.05) is 12.4 Å². The van der Waals surface area contributed by atoms with Crippen molar-refractivity contribution >= 4 is 38.7 Å². The number of halogens is 1. The third-order valence-electron chi connectivity index (χ3n) is 2.06. The van der Waals surface area contributed by atoms with Crippen LogP contribution in [0.1, 0.15) is 12.0 Å². The van der Waals surface area contributed by atoms with Gasteiger partial charge < -0.3 is 5.11 Å². The highest BCUT2D eigenvalue weighted by Gasteiger charge is 2.14. The van der Waals surface area contributed by atoms with Gasteiger partial charge in [-0.15, -0.1) is 0 Å². The van der Waals surface area contributed by atoms with Gasteiger partial charge in [0.15, 0.2) is 6.61 Å². The fourth-order valence-corrected chi connectivity index (χ4v) is 2.23. The fourth-order valence-electron chi connectivity index (χ4n) is 1.29. The number of carboxylic acids is 1.